The Bertz CT molecular complexity index is 450. The van der Waals surface area contributed by atoms with Crippen molar-refractivity contribution in [1.29, 1.82) is 0 Å². The quantitative estimate of drug-likeness (QED) is 0.628. The van der Waals surface area contributed by atoms with Crippen LogP contribution in [0.2, 0.25) is 0 Å². The van der Waals surface area contributed by atoms with Crippen LogP contribution in [0.25, 0.3) is 0 Å². The van der Waals surface area contributed by atoms with E-state index in [-0.39, 0.29) is 16.0 Å². The third-order valence-corrected chi connectivity index (χ3v) is 3.20. The zero-order valence-electron chi connectivity index (χ0n) is 9.94. The molecular formula is C10H16N4O2. The van der Waals surface area contributed by atoms with Crippen molar-refractivity contribution in [2.24, 2.45) is 12.5 Å². The van der Waals surface area contributed by atoms with Gasteiger partial charge in [0.15, 0.2) is 0 Å². The van der Waals surface area contributed by atoms with Gasteiger partial charge in [-0.05, 0) is 18.8 Å². The number of nitrogens with zero attached hydrogens (tertiary/aromatic N) is 3. The third kappa shape index (κ3) is 1.64. The zero-order chi connectivity index (χ0) is 12.1. The second-order valence-electron chi connectivity index (χ2n) is 5.05. The molecule has 0 aliphatic heterocycles. The molecule has 1 fully saturated rings. The average molecular weight is 224 g/mol. The van der Waals surface area contributed by atoms with E-state index in [4.69, 9.17) is 0 Å². The fourth-order valence-corrected chi connectivity index (χ4v) is 1.91. The maximum absolute atomic E-state index is 10.9. The molecule has 1 aliphatic carbocycles. The molecule has 1 atom stereocenters. The van der Waals surface area contributed by atoms with E-state index in [2.05, 4.69) is 24.3 Å². The summed E-state index contributed by atoms with van der Waals surface area (Å²) in [6.45, 7) is 5.93. The molecule has 0 saturated heterocycles. The van der Waals surface area contributed by atoms with Crippen molar-refractivity contribution in [3.8, 4) is 0 Å². The molecule has 88 valence electrons. The molecule has 1 saturated carbocycles. The Kier molecular flexibility index (Phi) is 2.18. The van der Waals surface area contributed by atoms with Gasteiger partial charge in [0.1, 0.15) is 5.69 Å². The van der Waals surface area contributed by atoms with Crippen molar-refractivity contribution in [2.75, 3.05) is 5.32 Å². The number of aryl methyl sites for hydroxylation is 2. The second kappa shape index (κ2) is 3.20. The van der Waals surface area contributed by atoms with Gasteiger partial charge >= 0.3 is 5.69 Å². The molecule has 1 unspecified atom stereocenters. The molecule has 16 heavy (non-hydrogen) atoms. The van der Waals surface area contributed by atoms with Gasteiger partial charge in [-0.15, -0.1) is 0 Å². The summed E-state index contributed by atoms with van der Waals surface area (Å²) in [4.78, 5) is 10.6. The SMILES string of the molecule is Cc1nn(C)c(NC2CC2(C)C)c1[N+](=O)[O-]. The minimum Gasteiger partial charge on any atom is -0.361 e. The molecular weight excluding hydrogens is 208 g/mol. The first-order valence-corrected chi connectivity index (χ1v) is 5.27. The average Bonchev–Trinajstić information content (AvgIpc) is 2.59. The topological polar surface area (TPSA) is 73.0 Å². The van der Waals surface area contributed by atoms with E-state index in [1.165, 1.54) is 0 Å². The summed E-state index contributed by atoms with van der Waals surface area (Å²) in [5.41, 5.74) is 0.769. The molecule has 1 aliphatic rings. The standard InChI is InChI=1S/C10H16N4O2/c1-6-8(14(15)16)9(13(4)12-6)11-7-5-10(7,2)3/h7,11H,5H2,1-4H3. The normalized spacial score (nSPS) is 21.9. The lowest BCUT2D eigenvalue weighted by molar-refractivity contribution is -0.384. The van der Waals surface area contributed by atoms with Crippen LogP contribution in [0.4, 0.5) is 11.5 Å². The zero-order valence-corrected chi connectivity index (χ0v) is 9.94. The highest BCUT2D eigenvalue weighted by atomic mass is 16.6. The minimum absolute atomic E-state index is 0.0881. The molecule has 1 aromatic rings. The third-order valence-electron chi connectivity index (χ3n) is 3.20. The van der Waals surface area contributed by atoms with Crippen LogP contribution in [0, 0.1) is 22.5 Å². The predicted molar refractivity (Wildman–Crippen MR) is 60.4 cm³/mol. The molecule has 0 amide bonds. The van der Waals surface area contributed by atoms with E-state index in [9.17, 15) is 10.1 Å². The summed E-state index contributed by atoms with van der Waals surface area (Å²) in [6.07, 6.45) is 1.04. The Morgan fingerprint density at radius 3 is 2.62 bits per heavy atom. The Labute approximate surface area is 93.8 Å². The highest BCUT2D eigenvalue weighted by Gasteiger charge is 2.47. The van der Waals surface area contributed by atoms with Crippen molar-refractivity contribution in [3.05, 3.63) is 15.8 Å². The summed E-state index contributed by atoms with van der Waals surface area (Å²) >= 11 is 0. The number of nitrogens with one attached hydrogen (secondary N) is 1. The van der Waals surface area contributed by atoms with Crippen LogP contribution in [0.15, 0.2) is 0 Å². The van der Waals surface area contributed by atoms with E-state index in [0.29, 0.717) is 17.6 Å². The lowest BCUT2D eigenvalue weighted by atomic mass is 10.2. The van der Waals surface area contributed by atoms with Crippen LogP contribution < -0.4 is 5.32 Å². The number of aromatic nitrogens is 2. The summed E-state index contributed by atoms with van der Waals surface area (Å²) in [7, 11) is 1.72. The van der Waals surface area contributed by atoms with Crippen LogP contribution >= 0.6 is 0 Å². The van der Waals surface area contributed by atoms with E-state index in [1.807, 2.05) is 0 Å². The van der Waals surface area contributed by atoms with Gasteiger partial charge in [0.05, 0.1) is 4.92 Å². The van der Waals surface area contributed by atoms with Gasteiger partial charge in [0, 0.05) is 13.1 Å². The predicted octanol–water partition coefficient (Wildman–Crippen LogP) is 1.85. The summed E-state index contributed by atoms with van der Waals surface area (Å²) < 4.78 is 1.54. The first-order valence-electron chi connectivity index (χ1n) is 5.27. The number of hydrogen-bond acceptors (Lipinski definition) is 4. The monoisotopic (exact) mass is 224 g/mol. The number of nitro groups is 1. The highest BCUT2D eigenvalue weighted by molar-refractivity contribution is 5.60. The van der Waals surface area contributed by atoms with Crippen molar-refractivity contribution >= 4 is 11.5 Å². The summed E-state index contributed by atoms with van der Waals surface area (Å²) in [5, 5.41) is 18.2. The molecule has 0 aromatic carbocycles. The molecule has 1 aromatic heterocycles. The molecule has 1 N–H and O–H groups in total. The lowest BCUT2D eigenvalue weighted by Gasteiger charge is -2.07. The van der Waals surface area contributed by atoms with Crippen LogP contribution in [0.5, 0.6) is 0 Å². The Hall–Kier alpha value is -1.59. The van der Waals surface area contributed by atoms with Gasteiger partial charge in [-0.25, -0.2) is 4.68 Å². The summed E-state index contributed by atoms with van der Waals surface area (Å²) in [6, 6.07) is 0.306. The van der Waals surface area contributed by atoms with Crippen molar-refractivity contribution in [3.63, 3.8) is 0 Å². The smallest absolute Gasteiger partial charge is 0.333 e. The Morgan fingerprint density at radius 2 is 2.19 bits per heavy atom. The Morgan fingerprint density at radius 1 is 1.62 bits per heavy atom. The van der Waals surface area contributed by atoms with Gasteiger partial charge in [0.25, 0.3) is 0 Å². The lowest BCUT2D eigenvalue weighted by Crippen LogP contribution is -2.12. The van der Waals surface area contributed by atoms with E-state index in [0.717, 1.165) is 6.42 Å². The van der Waals surface area contributed by atoms with E-state index in [1.54, 1.807) is 18.7 Å². The number of anilines is 1. The largest absolute Gasteiger partial charge is 0.361 e. The van der Waals surface area contributed by atoms with Crippen molar-refractivity contribution in [1.82, 2.24) is 9.78 Å². The van der Waals surface area contributed by atoms with E-state index >= 15 is 0 Å². The molecule has 6 heteroatoms. The second-order valence-corrected chi connectivity index (χ2v) is 5.05. The minimum atomic E-state index is -0.375. The first-order chi connectivity index (χ1) is 7.33. The molecule has 0 spiro atoms. The fourth-order valence-electron chi connectivity index (χ4n) is 1.91. The maximum Gasteiger partial charge on any atom is 0.333 e. The molecule has 1 heterocycles. The van der Waals surface area contributed by atoms with Crippen LogP contribution in [0.1, 0.15) is 26.0 Å². The van der Waals surface area contributed by atoms with Gasteiger partial charge in [-0.1, -0.05) is 13.8 Å². The number of rotatable bonds is 3. The molecule has 0 radical (unpaired) electrons. The van der Waals surface area contributed by atoms with Crippen molar-refractivity contribution < 1.29 is 4.92 Å². The fraction of sp³-hybridized carbons (Fsp3) is 0.700. The van der Waals surface area contributed by atoms with Gasteiger partial charge in [-0.3, -0.25) is 10.1 Å². The molecule has 0 bridgehead atoms. The van der Waals surface area contributed by atoms with E-state index < -0.39 is 0 Å². The van der Waals surface area contributed by atoms with Crippen LogP contribution in [0.3, 0.4) is 0 Å². The van der Waals surface area contributed by atoms with Crippen LogP contribution in [-0.2, 0) is 7.05 Å². The van der Waals surface area contributed by atoms with Gasteiger partial charge in [-0.2, -0.15) is 5.10 Å². The molecule has 2 rings (SSSR count). The van der Waals surface area contributed by atoms with Crippen LogP contribution in [-0.4, -0.2) is 20.7 Å². The first kappa shape index (κ1) is 10.9. The molecule has 6 nitrogen and oxygen atoms in total. The summed E-state index contributed by atoms with van der Waals surface area (Å²) in [5.74, 6) is 0.512. The highest BCUT2D eigenvalue weighted by Crippen LogP contribution is 2.47. The Balaban J connectivity index is 2.30. The number of hydrogen-bond donors (Lipinski definition) is 1. The maximum atomic E-state index is 10.9. The van der Waals surface area contributed by atoms with Gasteiger partial charge in [0.2, 0.25) is 5.82 Å². The van der Waals surface area contributed by atoms with Crippen molar-refractivity contribution in [2.45, 2.75) is 33.2 Å². The van der Waals surface area contributed by atoms with Gasteiger partial charge < -0.3 is 5.32 Å².